The second-order valence-electron chi connectivity index (χ2n) is 7.75. The molecular weight excluding hydrogens is 340 g/mol. The van der Waals surface area contributed by atoms with Crippen molar-refractivity contribution in [3.8, 4) is 5.75 Å². The molecule has 3 unspecified atom stereocenters. The summed E-state index contributed by atoms with van der Waals surface area (Å²) in [5.74, 6) is 1.12. The van der Waals surface area contributed by atoms with Gasteiger partial charge in [0.2, 0.25) is 5.91 Å². The quantitative estimate of drug-likeness (QED) is 0.720. The van der Waals surface area contributed by atoms with E-state index < -0.39 is 0 Å². The van der Waals surface area contributed by atoms with E-state index in [-0.39, 0.29) is 18.1 Å². The zero-order valence-corrected chi connectivity index (χ0v) is 17.4. The molecule has 1 aromatic carbocycles. The summed E-state index contributed by atoms with van der Waals surface area (Å²) in [5, 5.41) is 9.72. The van der Waals surface area contributed by atoms with Gasteiger partial charge in [-0.2, -0.15) is 0 Å². The Kier molecular flexibility index (Phi) is 8.58. The normalized spacial score (nSPS) is 21.3. The molecule has 5 heteroatoms. The Morgan fingerprint density at radius 3 is 2.67 bits per heavy atom. The number of carbonyl (C=O) groups excluding carboxylic acids is 1. The summed E-state index contributed by atoms with van der Waals surface area (Å²) < 4.78 is 5.22. The Balaban J connectivity index is 1.77. The number of ether oxygens (including phenoxy) is 1. The van der Waals surface area contributed by atoms with Crippen LogP contribution in [0.1, 0.15) is 52.0 Å². The van der Waals surface area contributed by atoms with Crippen molar-refractivity contribution >= 4 is 5.91 Å². The highest BCUT2D eigenvalue weighted by molar-refractivity contribution is 5.76. The number of aliphatic hydroxyl groups is 1. The van der Waals surface area contributed by atoms with E-state index in [0.717, 1.165) is 31.7 Å². The molecule has 1 heterocycles. The van der Waals surface area contributed by atoms with Gasteiger partial charge in [-0.05, 0) is 70.3 Å². The fourth-order valence-electron chi connectivity index (χ4n) is 4.02. The Morgan fingerprint density at radius 2 is 2.07 bits per heavy atom. The van der Waals surface area contributed by atoms with Crippen LogP contribution in [0.3, 0.4) is 0 Å². The van der Waals surface area contributed by atoms with Gasteiger partial charge < -0.3 is 19.6 Å². The monoisotopic (exact) mass is 376 g/mol. The lowest BCUT2D eigenvalue weighted by Gasteiger charge is -2.36. The molecule has 0 saturated carbocycles. The number of methoxy groups -OCH3 is 1. The molecule has 0 radical (unpaired) electrons. The van der Waals surface area contributed by atoms with Crippen molar-refractivity contribution in [2.24, 2.45) is 0 Å². The van der Waals surface area contributed by atoms with Crippen molar-refractivity contribution in [2.75, 3.05) is 26.7 Å². The predicted molar refractivity (Wildman–Crippen MR) is 109 cm³/mol. The summed E-state index contributed by atoms with van der Waals surface area (Å²) in [6.45, 7) is 9.08. The van der Waals surface area contributed by atoms with Crippen LogP contribution in [-0.4, -0.2) is 65.7 Å². The maximum Gasteiger partial charge on any atom is 0.222 e. The van der Waals surface area contributed by atoms with Gasteiger partial charge in [-0.3, -0.25) is 4.79 Å². The number of likely N-dealkylation sites (N-methyl/N-ethyl adjacent to an activating group) is 1. The minimum absolute atomic E-state index is 0.150. The van der Waals surface area contributed by atoms with E-state index in [4.69, 9.17) is 4.74 Å². The van der Waals surface area contributed by atoms with Crippen LogP contribution in [-0.2, 0) is 11.2 Å². The molecule has 0 bridgehead atoms. The molecule has 1 fully saturated rings. The van der Waals surface area contributed by atoms with Gasteiger partial charge in [0.05, 0.1) is 13.2 Å². The lowest BCUT2D eigenvalue weighted by Crippen LogP contribution is -2.46. The molecule has 0 aliphatic carbocycles. The van der Waals surface area contributed by atoms with Crippen molar-refractivity contribution in [3.63, 3.8) is 0 Å². The van der Waals surface area contributed by atoms with E-state index in [1.54, 1.807) is 7.11 Å². The third kappa shape index (κ3) is 6.51. The van der Waals surface area contributed by atoms with Crippen LogP contribution in [0.2, 0.25) is 0 Å². The molecule has 1 N–H and O–H groups in total. The number of carbonyl (C=O) groups is 1. The third-order valence-electron chi connectivity index (χ3n) is 5.72. The first-order chi connectivity index (χ1) is 12.9. The SMILES string of the molecule is CCN(CCCC(=O)N1CCC(O)CC1C)C(C)Cc1ccc(OC)cc1. The number of rotatable bonds is 9. The standard InChI is InChI=1S/C22H36N2O3/c1-5-23(17(2)15-19-8-10-21(27-4)11-9-19)13-6-7-22(26)24-14-12-20(25)16-18(24)3/h8-11,17-18,20,25H,5-7,12-16H2,1-4H3. The van der Waals surface area contributed by atoms with Crippen molar-refractivity contribution in [2.45, 2.75) is 71.1 Å². The maximum absolute atomic E-state index is 12.5. The van der Waals surface area contributed by atoms with Crippen molar-refractivity contribution < 1.29 is 14.6 Å². The maximum atomic E-state index is 12.5. The molecule has 152 valence electrons. The molecule has 0 spiro atoms. The number of hydrogen-bond donors (Lipinski definition) is 1. The van der Waals surface area contributed by atoms with Crippen LogP contribution >= 0.6 is 0 Å². The first-order valence-corrected chi connectivity index (χ1v) is 10.3. The van der Waals surface area contributed by atoms with Crippen LogP contribution < -0.4 is 4.74 Å². The smallest absolute Gasteiger partial charge is 0.222 e. The van der Waals surface area contributed by atoms with Crippen LogP contribution in [0.15, 0.2) is 24.3 Å². The largest absolute Gasteiger partial charge is 0.497 e. The van der Waals surface area contributed by atoms with Gasteiger partial charge in [-0.25, -0.2) is 0 Å². The molecule has 1 aliphatic heterocycles. The number of nitrogens with zero attached hydrogens (tertiary/aromatic N) is 2. The zero-order valence-electron chi connectivity index (χ0n) is 17.4. The number of hydrogen-bond acceptors (Lipinski definition) is 4. The van der Waals surface area contributed by atoms with Crippen molar-refractivity contribution in [1.29, 1.82) is 0 Å². The molecule has 1 amide bonds. The minimum Gasteiger partial charge on any atom is -0.497 e. The molecule has 0 aromatic heterocycles. The summed E-state index contributed by atoms with van der Waals surface area (Å²) in [5.41, 5.74) is 1.30. The predicted octanol–water partition coefficient (Wildman–Crippen LogP) is 3.10. The fourth-order valence-corrected chi connectivity index (χ4v) is 4.02. The van der Waals surface area contributed by atoms with Gasteiger partial charge in [0.1, 0.15) is 5.75 Å². The molecule has 1 aromatic rings. The highest BCUT2D eigenvalue weighted by Crippen LogP contribution is 2.19. The number of likely N-dealkylation sites (tertiary alicyclic amines) is 1. The molecule has 5 nitrogen and oxygen atoms in total. The average Bonchev–Trinajstić information content (AvgIpc) is 2.65. The van der Waals surface area contributed by atoms with Gasteiger partial charge in [0.15, 0.2) is 0 Å². The second-order valence-corrected chi connectivity index (χ2v) is 7.75. The van der Waals surface area contributed by atoms with Gasteiger partial charge >= 0.3 is 0 Å². The van der Waals surface area contributed by atoms with E-state index in [0.29, 0.717) is 31.8 Å². The summed E-state index contributed by atoms with van der Waals surface area (Å²) in [6, 6.07) is 8.85. The lowest BCUT2D eigenvalue weighted by atomic mass is 10.00. The van der Waals surface area contributed by atoms with Gasteiger partial charge in [-0.15, -0.1) is 0 Å². The highest BCUT2D eigenvalue weighted by atomic mass is 16.5. The van der Waals surface area contributed by atoms with Crippen LogP contribution in [0.5, 0.6) is 5.75 Å². The average molecular weight is 377 g/mol. The third-order valence-corrected chi connectivity index (χ3v) is 5.72. The van der Waals surface area contributed by atoms with E-state index >= 15 is 0 Å². The van der Waals surface area contributed by atoms with Crippen molar-refractivity contribution in [3.05, 3.63) is 29.8 Å². The second kappa shape index (κ2) is 10.7. The van der Waals surface area contributed by atoms with Gasteiger partial charge in [0.25, 0.3) is 0 Å². The van der Waals surface area contributed by atoms with E-state index in [9.17, 15) is 9.90 Å². The fraction of sp³-hybridized carbons (Fsp3) is 0.682. The lowest BCUT2D eigenvalue weighted by molar-refractivity contribution is -0.136. The summed E-state index contributed by atoms with van der Waals surface area (Å²) >= 11 is 0. The molecule has 1 saturated heterocycles. The van der Waals surface area contributed by atoms with Crippen LogP contribution in [0, 0.1) is 0 Å². The molecular formula is C22H36N2O3. The van der Waals surface area contributed by atoms with E-state index in [1.165, 1.54) is 5.56 Å². The van der Waals surface area contributed by atoms with Crippen molar-refractivity contribution in [1.82, 2.24) is 9.80 Å². The van der Waals surface area contributed by atoms with Crippen LogP contribution in [0.25, 0.3) is 0 Å². The summed E-state index contributed by atoms with van der Waals surface area (Å²) in [7, 11) is 1.69. The van der Waals surface area contributed by atoms with E-state index in [2.05, 4.69) is 30.9 Å². The van der Waals surface area contributed by atoms with Gasteiger partial charge in [0, 0.05) is 25.0 Å². The van der Waals surface area contributed by atoms with E-state index in [1.807, 2.05) is 24.0 Å². The minimum atomic E-state index is -0.251. The zero-order chi connectivity index (χ0) is 19.8. The van der Waals surface area contributed by atoms with Crippen LogP contribution in [0.4, 0.5) is 0 Å². The molecule has 2 rings (SSSR count). The Labute approximate surface area is 164 Å². The Hall–Kier alpha value is -1.59. The molecule has 1 aliphatic rings. The summed E-state index contributed by atoms with van der Waals surface area (Å²) in [4.78, 5) is 16.9. The first-order valence-electron chi connectivity index (χ1n) is 10.3. The Morgan fingerprint density at radius 1 is 1.37 bits per heavy atom. The highest BCUT2D eigenvalue weighted by Gasteiger charge is 2.27. The first kappa shape index (κ1) is 21.7. The molecule has 3 atom stereocenters. The Bertz CT molecular complexity index is 575. The number of aliphatic hydroxyl groups excluding tert-OH is 1. The number of piperidine rings is 1. The topological polar surface area (TPSA) is 53.0 Å². The number of benzene rings is 1. The molecule has 27 heavy (non-hydrogen) atoms. The number of amides is 1. The van der Waals surface area contributed by atoms with Gasteiger partial charge in [-0.1, -0.05) is 19.1 Å². The summed E-state index contributed by atoms with van der Waals surface area (Å²) in [6.07, 6.45) is 3.62.